The molecule has 1 aliphatic heterocycles. The van der Waals surface area contributed by atoms with Crippen LogP contribution in [0.2, 0.25) is 0 Å². The van der Waals surface area contributed by atoms with E-state index in [0.29, 0.717) is 19.0 Å². The molecule has 2 heterocycles. The average Bonchev–Trinajstić information content (AvgIpc) is 2.80. The Bertz CT molecular complexity index is 763. The average molecular weight is 412 g/mol. The molecule has 1 aromatic heterocycles. The van der Waals surface area contributed by atoms with Gasteiger partial charge in [0, 0.05) is 38.4 Å². The Balaban J connectivity index is 1.45. The maximum Gasteiger partial charge on any atom is 0.213 e. The molecule has 3 rings (SSSR count). The fraction of sp³-hybridized carbons (Fsp3) is 0.478. The van der Waals surface area contributed by atoms with Gasteiger partial charge in [-0.15, -0.1) is 0 Å². The van der Waals surface area contributed by atoms with Crippen LogP contribution in [0.5, 0.6) is 5.88 Å². The Morgan fingerprint density at radius 1 is 1.13 bits per heavy atom. The molecule has 1 aromatic carbocycles. The SMILES string of the molecule is CCNC(=NCc1ccnc(OCc2ccccc2)c1)NCCCN1CCOCC1. The fourth-order valence-corrected chi connectivity index (χ4v) is 3.21. The zero-order valence-corrected chi connectivity index (χ0v) is 17.8. The number of aromatic nitrogens is 1. The molecule has 0 aliphatic carbocycles. The van der Waals surface area contributed by atoms with E-state index in [1.165, 1.54) is 0 Å². The van der Waals surface area contributed by atoms with Gasteiger partial charge in [-0.05, 0) is 37.1 Å². The van der Waals surface area contributed by atoms with Crippen LogP contribution >= 0.6 is 0 Å². The van der Waals surface area contributed by atoms with Gasteiger partial charge in [0.15, 0.2) is 5.96 Å². The topological polar surface area (TPSA) is 71.0 Å². The number of rotatable bonds is 10. The summed E-state index contributed by atoms with van der Waals surface area (Å²) >= 11 is 0. The Kier molecular flexibility index (Phi) is 9.43. The molecule has 0 spiro atoms. The summed E-state index contributed by atoms with van der Waals surface area (Å²) in [4.78, 5) is 11.5. The molecule has 162 valence electrons. The smallest absolute Gasteiger partial charge is 0.213 e. The molecule has 2 N–H and O–H groups in total. The first kappa shape index (κ1) is 22.1. The van der Waals surface area contributed by atoms with Gasteiger partial charge in [-0.3, -0.25) is 4.90 Å². The highest BCUT2D eigenvalue weighted by Gasteiger charge is 2.09. The third-order valence-electron chi connectivity index (χ3n) is 4.84. The van der Waals surface area contributed by atoms with Crippen LogP contribution in [0.25, 0.3) is 0 Å². The van der Waals surface area contributed by atoms with Crippen molar-refractivity contribution in [1.29, 1.82) is 0 Å². The van der Waals surface area contributed by atoms with Crippen LogP contribution in [0.15, 0.2) is 53.7 Å². The normalized spacial score (nSPS) is 15.0. The van der Waals surface area contributed by atoms with E-state index >= 15 is 0 Å². The second-order valence-corrected chi connectivity index (χ2v) is 7.21. The van der Waals surface area contributed by atoms with Crippen LogP contribution in [0.1, 0.15) is 24.5 Å². The van der Waals surface area contributed by atoms with Crippen molar-refractivity contribution in [3.05, 3.63) is 59.8 Å². The molecule has 1 aliphatic rings. The second kappa shape index (κ2) is 12.8. The van der Waals surface area contributed by atoms with Crippen molar-refractivity contribution >= 4 is 5.96 Å². The number of ether oxygens (including phenoxy) is 2. The number of morpholine rings is 1. The number of nitrogens with zero attached hydrogens (tertiary/aromatic N) is 3. The molecule has 1 fully saturated rings. The minimum atomic E-state index is 0.508. The summed E-state index contributed by atoms with van der Waals surface area (Å²) in [6.07, 6.45) is 2.85. The van der Waals surface area contributed by atoms with Gasteiger partial charge >= 0.3 is 0 Å². The summed E-state index contributed by atoms with van der Waals surface area (Å²) < 4.78 is 11.2. The molecule has 0 radical (unpaired) electrons. The van der Waals surface area contributed by atoms with E-state index < -0.39 is 0 Å². The first-order chi connectivity index (χ1) is 14.8. The van der Waals surface area contributed by atoms with E-state index in [1.807, 2.05) is 42.5 Å². The summed E-state index contributed by atoms with van der Waals surface area (Å²) in [7, 11) is 0. The number of hydrogen-bond acceptors (Lipinski definition) is 5. The third-order valence-corrected chi connectivity index (χ3v) is 4.84. The van der Waals surface area contributed by atoms with Gasteiger partial charge in [0.25, 0.3) is 0 Å². The maximum atomic E-state index is 5.82. The summed E-state index contributed by atoms with van der Waals surface area (Å²) in [5, 5.41) is 6.74. The molecule has 0 amide bonds. The lowest BCUT2D eigenvalue weighted by Gasteiger charge is -2.26. The first-order valence-electron chi connectivity index (χ1n) is 10.8. The zero-order valence-electron chi connectivity index (χ0n) is 17.8. The molecule has 30 heavy (non-hydrogen) atoms. The van der Waals surface area contributed by atoms with Gasteiger partial charge in [0.05, 0.1) is 19.8 Å². The number of aliphatic imine (C=N–C) groups is 1. The Morgan fingerprint density at radius 2 is 1.97 bits per heavy atom. The first-order valence-corrected chi connectivity index (χ1v) is 10.8. The van der Waals surface area contributed by atoms with Gasteiger partial charge in [0.2, 0.25) is 5.88 Å². The Hall–Kier alpha value is -2.64. The summed E-state index contributed by atoms with van der Waals surface area (Å²) in [6, 6.07) is 14.0. The van der Waals surface area contributed by atoms with Crippen molar-refractivity contribution in [3.8, 4) is 5.88 Å². The van der Waals surface area contributed by atoms with Crippen molar-refractivity contribution in [2.75, 3.05) is 45.9 Å². The lowest BCUT2D eigenvalue weighted by Crippen LogP contribution is -2.40. The van der Waals surface area contributed by atoms with Gasteiger partial charge in [-0.2, -0.15) is 0 Å². The van der Waals surface area contributed by atoms with E-state index in [0.717, 1.165) is 69.4 Å². The lowest BCUT2D eigenvalue weighted by atomic mass is 10.2. The van der Waals surface area contributed by atoms with E-state index in [1.54, 1.807) is 6.20 Å². The quantitative estimate of drug-likeness (QED) is 0.356. The summed E-state index contributed by atoms with van der Waals surface area (Å²) in [5.41, 5.74) is 2.19. The molecule has 7 nitrogen and oxygen atoms in total. The Morgan fingerprint density at radius 3 is 2.77 bits per heavy atom. The van der Waals surface area contributed by atoms with Crippen LogP contribution in [0.4, 0.5) is 0 Å². The predicted octanol–water partition coefficient (Wildman–Crippen LogP) is 2.44. The van der Waals surface area contributed by atoms with Crippen LogP contribution in [-0.4, -0.2) is 61.8 Å². The highest BCUT2D eigenvalue weighted by Crippen LogP contribution is 2.12. The van der Waals surface area contributed by atoms with Gasteiger partial charge in [-0.1, -0.05) is 30.3 Å². The molecular formula is C23H33N5O2. The number of pyridine rings is 1. The van der Waals surface area contributed by atoms with Gasteiger partial charge < -0.3 is 20.1 Å². The predicted molar refractivity (Wildman–Crippen MR) is 120 cm³/mol. The van der Waals surface area contributed by atoms with Crippen molar-refractivity contribution in [3.63, 3.8) is 0 Å². The van der Waals surface area contributed by atoms with Gasteiger partial charge in [0.1, 0.15) is 6.61 Å². The number of benzene rings is 1. The molecule has 0 bridgehead atoms. The zero-order chi connectivity index (χ0) is 20.9. The summed E-state index contributed by atoms with van der Waals surface area (Å²) in [6.45, 7) is 9.73. The molecule has 7 heteroatoms. The van der Waals surface area contributed by atoms with Crippen LogP contribution < -0.4 is 15.4 Å². The van der Waals surface area contributed by atoms with Crippen LogP contribution in [0.3, 0.4) is 0 Å². The van der Waals surface area contributed by atoms with Crippen molar-refractivity contribution in [2.24, 2.45) is 4.99 Å². The lowest BCUT2D eigenvalue weighted by molar-refractivity contribution is 0.0376. The minimum Gasteiger partial charge on any atom is -0.473 e. The standard InChI is InChI=1S/C23H33N5O2/c1-2-24-23(26-10-6-12-28-13-15-29-16-14-28)27-18-21-9-11-25-22(17-21)30-19-20-7-4-3-5-8-20/h3-5,7-9,11,17H,2,6,10,12-16,18-19H2,1H3,(H2,24,26,27). The second-order valence-electron chi connectivity index (χ2n) is 7.21. The molecule has 0 unspecified atom stereocenters. The fourth-order valence-electron chi connectivity index (χ4n) is 3.21. The van der Waals surface area contributed by atoms with Gasteiger partial charge in [-0.25, -0.2) is 9.98 Å². The largest absolute Gasteiger partial charge is 0.473 e. The molecule has 0 atom stereocenters. The number of guanidine groups is 1. The van der Waals surface area contributed by atoms with Crippen LogP contribution in [-0.2, 0) is 17.9 Å². The maximum absolute atomic E-state index is 5.82. The van der Waals surface area contributed by atoms with E-state index in [9.17, 15) is 0 Å². The van der Waals surface area contributed by atoms with Crippen molar-refractivity contribution in [2.45, 2.75) is 26.5 Å². The molecule has 1 saturated heterocycles. The van der Waals surface area contributed by atoms with E-state index in [-0.39, 0.29) is 0 Å². The molecule has 0 saturated carbocycles. The Labute approximate surface area is 179 Å². The van der Waals surface area contributed by atoms with E-state index in [2.05, 4.69) is 27.4 Å². The molecular weight excluding hydrogens is 378 g/mol. The number of hydrogen-bond donors (Lipinski definition) is 2. The van der Waals surface area contributed by atoms with Crippen molar-refractivity contribution < 1.29 is 9.47 Å². The van der Waals surface area contributed by atoms with Crippen molar-refractivity contribution in [1.82, 2.24) is 20.5 Å². The van der Waals surface area contributed by atoms with Crippen LogP contribution in [0, 0.1) is 0 Å². The van der Waals surface area contributed by atoms with E-state index in [4.69, 9.17) is 14.5 Å². The minimum absolute atomic E-state index is 0.508. The molecule has 2 aromatic rings. The highest BCUT2D eigenvalue weighted by molar-refractivity contribution is 5.79. The third kappa shape index (κ3) is 8.00. The number of nitrogens with one attached hydrogen (secondary N) is 2. The monoisotopic (exact) mass is 411 g/mol. The summed E-state index contributed by atoms with van der Waals surface area (Å²) in [5.74, 6) is 1.46. The highest BCUT2D eigenvalue weighted by atomic mass is 16.5.